The van der Waals surface area contributed by atoms with Gasteiger partial charge in [0.2, 0.25) is 0 Å². The third-order valence-corrected chi connectivity index (χ3v) is 4.66. The van der Waals surface area contributed by atoms with E-state index in [1.54, 1.807) is 30.3 Å². The second-order valence-corrected chi connectivity index (χ2v) is 6.84. The summed E-state index contributed by atoms with van der Waals surface area (Å²) in [5.74, 6) is 0.638. The molecule has 0 aliphatic rings. The summed E-state index contributed by atoms with van der Waals surface area (Å²) in [4.78, 5) is 4.15. The second-order valence-electron chi connectivity index (χ2n) is 6.84. The zero-order chi connectivity index (χ0) is 23.1. The molecule has 2 aromatic heterocycles. The van der Waals surface area contributed by atoms with Crippen molar-refractivity contribution in [3.05, 3.63) is 65.9 Å². The number of aromatic nitrogens is 3. The summed E-state index contributed by atoms with van der Waals surface area (Å²) in [5, 5.41) is 10.1. The molecule has 0 spiro atoms. The Balaban J connectivity index is 1.73. The predicted octanol–water partition coefficient (Wildman–Crippen LogP) is 6.41. The monoisotopic (exact) mass is 452 g/mol. The number of methoxy groups -OCH3 is 1. The molecule has 0 bridgehead atoms. The van der Waals surface area contributed by atoms with Crippen LogP contribution in [-0.2, 0) is 12.4 Å². The zero-order valence-electron chi connectivity index (χ0n) is 16.3. The van der Waals surface area contributed by atoms with Crippen LogP contribution in [0.5, 0.6) is 5.75 Å². The molecule has 32 heavy (non-hydrogen) atoms. The number of hydrogen-bond acceptors (Lipinski definition) is 4. The molecule has 0 saturated heterocycles. The first-order chi connectivity index (χ1) is 15.0. The highest BCUT2D eigenvalue weighted by Gasteiger charge is 2.37. The van der Waals surface area contributed by atoms with Crippen LogP contribution in [0, 0.1) is 0 Å². The molecule has 5 nitrogen and oxygen atoms in total. The summed E-state index contributed by atoms with van der Waals surface area (Å²) in [6.07, 6.45) is -8.59. The van der Waals surface area contributed by atoms with Crippen molar-refractivity contribution in [1.82, 2.24) is 15.2 Å². The number of rotatable bonds is 4. The highest BCUT2D eigenvalue weighted by atomic mass is 19.4. The maximum Gasteiger partial charge on any atom is 0.416 e. The third kappa shape index (κ3) is 4.32. The Kier molecular flexibility index (Phi) is 5.19. The molecule has 4 aromatic rings. The molecule has 0 unspecified atom stereocenters. The molecule has 0 atom stereocenters. The van der Waals surface area contributed by atoms with Crippen molar-refractivity contribution < 1.29 is 31.1 Å². The van der Waals surface area contributed by atoms with Gasteiger partial charge in [-0.2, -0.15) is 31.4 Å². The molecule has 2 aromatic carbocycles. The van der Waals surface area contributed by atoms with E-state index in [0.29, 0.717) is 34.6 Å². The van der Waals surface area contributed by atoms with Crippen molar-refractivity contribution in [2.24, 2.45) is 0 Å². The fourth-order valence-corrected chi connectivity index (χ4v) is 3.13. The van der Waals surface area contributed by atoms with Gasteiger partial charge in [0, 0.05) is 16.6 Å². The maximum atomic E-state index is 13.1. The van der Waals surface area contributed by atoms with Gasteiger partial charge in [-0.25, -0.2) is 4.98 Å². The number of hydrogen-bond donors (Lipinski definition) is 2. The Labute approximate surface area is 177 Å². The van der Waals surface area contributed by atoms with Crippen LogP contribution >= 0.6 is 0 Å². The summed E-state index contributed by atoms with van der Waals surface area (Å²) in [5.41, 5.74) is -1.37. The topological polar surface area (TPSA) is 62.8 Å². The van der Waals surface area contributed by atoms with E-state index in [2.05, 4.69) is 20.5 Å². The van der Waals surface area contributed by atoms with Crippen LogP contribution in [0.15, 0.2) is 54.7 Å². The average Bonchev–Trinajstić information content (AvgIpc) is 3.15. The maximum absolute atomic E-state index is 13.1. The molecule has 11 heteroatoms. The van der Waals surface area contributed by atoms with Gasteiger partial charge in [0.1, 0.15) is 11.4 Å². The molecule has 4 rings (SSSR count). The molecule has 0 radical (unpaired) electrons. The normalized spacial score (nSPS) is 12.2. The minimum absolute atomic E-state index is 0.0739. The number of alkyl halides is 6. The SMILES string of the molecule is COc1ccc(-c2n[nH]c3ncc(Nc4cc(C(F)(F)F)cc(C(F)(F)F)c4)cc23)cc1. The van der Waals surface area contributed by atoms with Gasteiger partial charge in [-0.3, -0.25) is 5.10 Å². The standard InChI is InChI=1S/C21H14F6N4O/c1-32-16-4-2-11(3-5-16)18-17-9-15(10-28-19(17)31-30-18)29-14-7-12(20(22,23)24)6-13(8-14)21(25,26)27/h2-10,29H,1H3,(H,28,30,31). The number of halogens is 6. The van der Waals surface area contributed by atoms with Gasteiger partial charge in [0.05, 0.1) is 30.1 Å². The molecular formula is C21H14F6N4O. The van der Waals surface area contributed by atoms with Gasteiger partial charge < -0.3 is 10.1 Å². The van der Waals surface area contributed by atoms with Gasteiger partial charge in [-0.05, 0) is 48.5 Å². The number of ether oxygens (including phenoxy) is 1. The van der Waals surface area contributed by atoms with E-state index in [1.807, 2.05) is 0 Å². The third-order valence-electron chi connectivity index (χ3n) is 4.66. The summed E-state index contributed by atoms with van der Waals surface area (Å²) >= 11 is 0. The number of aromatic amines is 1. The molecule has 2 heterocycles. The van der Waals surface area contributed by atoms with Crippen LogP contribution in [0.4, 0.5) is 37.7 Å². The van der Waals surface area contributed by atoms with Crippen LogP contribution in [-0.4, -0.2) is 22.3 Å². The Hall–Kier alpha value is -3.76. The largest absolute Gasteiger partial charge is 0.497 e. The molecular weight excluding hydrogens is 438 g/mol. The number of anilines is 2. The van der Waals surface area contributed by atoms with Gasteiger partial charge >= 0.3 is 12.4 Å². The Morgan fingerprint density at radius 3 is 2.03 bits per heavy atom. The molecule has 0 fully saturated rings. The van der Waals surface area contributed by atoms with E-state index in [0.717, 1.165) is 5.56 Å². The summed E-state index contributed by atoms with van der Waals surface area (Å²) in [7, 11) is 1.53. The van der Waals surface area contributed by atoms with E-state index in [-0.39, 0.29) is 17.4 Å². The zero-order valence-corrected chi connectivity index (χ0v) is 16.3. The quantitative estimate of drug-likeness (QED) is 0.351. The van der Waals surface area contributed by atoms with E-state index in [1.165, 1.54) is 13.3 Å². The molecule has 0 aliphatic heterocycles. The van der Waals surface area contributed by atoms with Gasteiger partial charge in [-0.15, -0.1) is 0 Å². The summed E-state index contributed by atoms with van der Waals surface area (Å²) in [6.45, 7) is 0. The van der Waals surface area contributed by atoms with Crippen LogP contribution in [0.25, 0.3) is 22.3 Å². The van der Waals surface area contributed by atoms with Crippen LogP contribution in [0.1, 0.15) is 11.1 Å². The summed E-state index contributed by atoms with van der Waals surface area (Å²) in [6, 6.07) is 9.81. The lowest BCUT2D eigenvalue weighted by Crippen LogP contribution is -2.11. The Morgan fingerprint density at radius 2 is 1.47 bits per heavy atom. The van der Waals surface area contributed by atoms with Gasteiger partial charge in [0.15, 0.2) is 5.65 Å². The predicted molar refractivity (Wildman–Crippen MR) is 106 cm³/mol. The van der Waals surface area contributed by atoms with Crippen molar-refractivity contribution in [3.63, 3.8) is 0 Å². The first-order valence-electron chi connectivity index (χ1n) is 9.09. The lowest BCUT2D eigenvalue weighted by atomic mass is 10.1. The number of nitrogens with one attached hydrogen (secondary N) is 2. The van der Waals surface area contributed by atoms with E-state index >= 15 is 0 Å². The smallest absolute Gasteiger partial charge is 0.416 e. The molecule has 0 amide bonds. The van der Waals surface area contributed by atoms with Crippen LogP contribution < -0.4 is 10.1 Å². The van der Waals surface area contributed by atoms with E-state index in [4.69, 9.17) is 4.74 Å². The minimum Gasteiger partial charge on any atom is -0.497 e. The highest BCUT2D eigenvalue weighted by molar-refractivity contribution is 5.93. The molecule has 0 saturated carbocycles. The van der Waals surface area contributed by atoms with E-state index < -0.39 is 23.5 Å². The number of fused-ring (bicyclic) bond motifs is 1. The van der Waals surface area contributed by atoms with Crippen LogP contribution in [0.3, 0.4) is 0 Å². The Morgan fingerprint density at radius 1 is 0.844 bits per heavy atom. The Bertz CT molecular complexity index is 1230. The molecule has 2 N–H and O–H groups in total. The number of benzene rings is 2. The number of pyridine rings is 1. The van der Waals surface area contributed by atoms with Gasteiger partial charge in [-0.1, -0.05) is 0 Å². The highest BCUT2D eigenvalue weighted by Crippen LogP contribution is 2.38. The van der Waals surface area contributed by atoms with Gasteiger partial charge in [0.25, 0.3) is 0 Å². The first kappa shape index (κ1) is 21.5. The lowest BCUT2D eigenvalue weighted by Gasteiger charge is -2.15. The van der Waals surface area contributed by atoms with Crippen LogP contribution in [0.2, 0.25) is 0 Å². The fourth-order valence-electron chi connectivity index (χ4n) is 3.13. The molecule has 0 aliphatic carbocycles. The average molecular weight is 452 g/mol. The molecule has 166 valence electrons. The first-order valence-corrected chi connectivity index (χ1v) is 9.09. The number of nitrogens with zero attached hydrogens (tertiary/aromatic N) is 2. The fraction of sp³-hybridized carbons (Fsp3) is 0.143. The van der Waals surface area contributed by atoms with Crippen molar-refractivity contribution in [3.8, 4) is 17.0 Å². The van der Waals surface area contributed by atoms with Crippen molar-refractivity contribution in [2.75, 3.05) is 12.4 Å². The van der Waals surface area contributed by atoms with Crippen molar-refractivity contribution in [2.45, 2.75) is 12.4 Å². The lowest BCUT2D eigenvalue weighted by molar-refractivity contribution is -0.143. The van der Waals surface area contributed by atoms with Crippen molar-refractivity contribution >= 4 is 22.4 Å². The summed E-state index contributed by atoms with van der Waals surface area (Å²) < 4.78 is 83.8. The minimum atomic E-state index is -4.94. The van der Waals surface area contributed by atoms with E-state index in [9.17, 15) is 26.3 Å². The second kappa shape index (κ2) is 7.74. The number of H-pyrrole nitrogens is 1. The van der Waals surface area contributed by atoms with Crippen molar-refractivity contribution in [1.29, 1.82) is 0 Å².